The first kappa shape index (κ1) is 7.13. The van der Waals surface area contributed by atoms with Crippen molar-refractivity contribution in [1.29, 1.82) is 0 Å². The van der Waals surface area contributed by atoms with Crippen molar-refractivity contribution in [2.45, 2.75) is 6.54 Å². The van der Waals surface area contributed by atoms with E-state index in [2.05, 4.69) is 0 Å². The predicted molar refractivity (Wildman–Crippen MR) is 39.8 cm³/mol. The van der Waals surface area contributed by atoms with Gasteiger partial charge in [-0.2, -0.15) is 0 Å². The molecule has 1 N–H and O–H groups in total. The average molecular weight is 216 g/mol. The first-order valence-electron chi connectivity index (χ1n) is 3.25. The van der Waals surface area contributed by atoms with E-state index < -0.39 is 14.1 Å². The van der Waals surface area contributed by atoms with Crippen molar-refractivity contribution in [1.82, 2.24) is 4.08 Å². The number of hydroxylamine groups is 1. The van der Waals surface area contributed by atoms with Gasteiger partial charge in [0.1, 0.15) is 0 Å². The SMILES string of the molecule is O=[Se]1c2ccccc2CN1O. The third-order valence-corrected chi connectivity index (χ3v) is 4.36. The summed E-state index contributed by atoms with van der Waals surface area (Å²) in [7, 11) is 0. The molecule has 1 aromatic carbocycles. The molecule has 2 rings (SSSR count). The van der Waals surface area contributed by atoms with E-state index >= 15 is 0 Å². The first-order valence-corrected chi connectivity index (χ1v) is 5.57. The van der Waals surface area contributed by atoms with Gasteiger partial charge in [-0.25, -0.2) is 0 Å². The Bertz CT molecular complexity index is 313. The molecule has 0 saturated carbocycles. The number of rotatable bonds is 0. The fraction of sp³-hybridized carbons (Fsp3) is 0.143. The van der Waals surface area contributed by atoms with Crippen LogP contribution in [0.25, 0.3) is 0 Å². The second-order valence-electron chi connectivity index (χ2n) is 2.37. The number of hydrogen-bond acceptors (Lipinski definition) is 2. The molecule has 0 amide bonds. The molecule has 4 heteroatoms. The van der Waals surface area contributed by atoms with Gasteiger partial charge in [-0.3, -0.25) is 0 Å². The fourth-order valence-electron chi connectivity index (χ4n) is 1.12. The third-order valence-electron chi connectivity index (χ3n) is 1.66. The Morgan fingerprint density at radius 2 is 2.18 bits per heavy atom. The molecule has 0 radical (unpaired) electrons. The van der Waals surface area contributed by atoms with Crippen LogP contribution in [0.2, 0.25) is 0 Å². The summed E-state index contributed by atoms with van der Waals surface area (Å²) in [4.78, 5) is 0. The summed E-state index contributed by atoms with van der Waals surface area (Å²) in [5, 5.41) is 9.10. The van der Waals surface area contributed by atoms with Crippen molar-refractivity contribution in [2.75, 3.05) is 0 Å². The fourth-order valence-corrected chi connectivity index (χ4v) is 3.29. The van der Waals surface area contributed by atoms with Crippen LogP contribution >= 0.6 is 0 Å². The summed E-state index contributed by atoms with van der Waals surface area (Å²) >= 11 is -2.27. The van der Waals surface area contributed by atoms with Gasteiger partial charge in [0.25, 0.3) is 0 Å². The maximum absolute atomic E-state index is 11.3. The van der Waals surface area contributed by atoms with Gasteiger partial charge < -0.3 is 0 Å². The van der Waals surface area contributed by atoms with Gasteiger partial charge >= 0.3 is 68.0 Å². The Labute approximate surface area is 68.5 Å². The van der Waals surface area contributed by atoms with E-state index in [1.165, 1.54) is 0 Å². The van der Waals surface area contributed by atoms with Crippen LogP contribution in [0.1, 0.15) is 5.56 Å². The molecule has 0 spiro atoms. The van der Waals surface area contributed by atoms with E-state index in [1.807, 2.05) is 24.3 Å². The summed E-state index contributed by atoms with van der Waals surface area (Å²) < 4.78 is 13.0. The molecular formula is C7H7NO2Se. The Kier molecular flexibility index (Phi) is 1.62. The van der Waals surface area contributed by atoms with Crippen LogP contribution in [0, 0.1) is 0 Å². The molecule has 58 valence electrons. The quantitative estimate of drug-likeness (QED) is 0.621. The molecule has 3 nitrogen and oxygen atoms in total. The van der Waals surface area contributed by atoms with Gasteiger partial charge in [0.05, 0.1) is 0 Å². The maximum atomic E-state index is 11.3. The monoisotopic (exact) mass is 217 g/mol. The minimum absolute atomic E-state index is 0.407. The van der Waals surface area contributed by atoms with Gasteiger partial charge in [-0.1, -0.05) is 0 Å². The standard InChI is InChI=1S/C7H7NO2Se/c9-8-5-6-3-1-2-4-7(6)11(8)10/h1-4,9H,5H2. The topological polar surface area (TPSA) is 40.5 Å². The van der Waals surface area contributed by atoms with E-state index in [0.717, 1.165) is 14.1 Å². The van der Waals surface area contributed by atoms with Crippen LogP contribution in [0.5, 0.6) is 0 Å². The van der Waals surface area contributed by atoms with Crippen LogP contribution in [0.15, 0.2) is 24.3 Å². The summed E-state index contributed by atoms with van der Waals surface area (Å²) in [5.74, 6) is 0. The summed E-state index contributed by atoms with van der Waals surface area (Å²) in [6, 6.07) is 7.42. The molecule has 0 saturated heterocycles. The average Bonchev–Trinajstić information content (AvgIpc) is 2.30. The summed E-state index contributed by atoms with van der Waals surface area (Å²) in [5.41, 5.74) is 0.981. The Morgan fingerprint density at radius 1 is 1.45 bits per heavy atom. The molecule has 0 aromatic heterocycles. The van der Waals surface area contributed by atoms with E-state index in [4.69, 9.17) is 5.21 Å². The zero-order valence-corrected chi connectivity index (χ0v) is 7.44. The van der Waals surface area contributed by atoms with Crippen LogP contribution in [0.4, 0.5) is 0 Å². The molecular weight excluding hydrogens is 209 g/mol. The minimum atomic E-state index is -2.27. The van der Waals surface area contributed by atoms with Crippen LogP contribution in [0.3, 0.4) is 0 Å². The first-order chi connectivity index (χ1) is 5.29. The van der Waals surface area contributed by atoms with Gasteiger partial charge in [0.2, 0.25) is 0 Å². The van der Waals surface area contributed by atoms with E-state index in [-0.39, 0.29) is 0 Å². The Hall–Kier alpha value is -0.541. The molecule has 0 fully saturated rings. The van der Waals surface area contributed by atoms with Gasteiger partial charge in [-0.05, 0) is 0 Å². The zero-order chi connectivity index (χ0) is 7.84. The van der Waals surface area contributed by atoms with Gasteiger partial charge in [-0.15, -0.1) is 0 Å². The van der Waals surface area contributed by atoms with Crippen molar-refractivity contribution < 1.29 is 9.04 Å². The van der Waals surface area contributed by atoms with Crippen molar-refractivity contribution in [2.24, 2.45) is 0 Å². The van der Waals surface area contributed by atoms with E-state index in [0.29, 0.717) is 6.54 Å². The number of benzene rings is 1. The van der Waals surface area contributed by atoms with Gasteiger partial charge in [0, 0.05) is 0 Å². The number of fused-ring (bicyclic) bond motifs is 1. The number of nitrogens with zero attached hydrogens (tertiary/aromatic N) is 1. The molecule has 0 aliphatic carbocycles. The van der Waals surface area contributed by atoms with E-state index in [1.54, 1.807) is 0 Å². The molecule has 1 atom stereocenters. The Balaban J connectivity index is 2.55. The Morgan fingerprint density at radius 3 is 2.91 bits per heavy atom. The van der Waals surface area contributed by atoms with Crippen LogP contribution in [-0.2, 0) is 10.4 Å². The van der Waals surface area contributed by atoms with Crippen molar-refractivity contribution in [3.8, 4) is 0 Å². The molecule has 1 aliphatic rings. The van der Waals surface area contributed by atoms with E-state index in [9.17, 15) is 3.83 Å². The van der Waals surface area contributed by atoms with Crippen molar-refractivity contribution >= 4 is 18.5 Å². The molecule has 1 aliphatic heterocycles. The van der Waals surface area contributed by atoms with Crippen LogP contribution < -0.4 is 4.46 Å². The zero-order valence-electron chi connectivity index (χ0n) is 5.73. The third kappa shape index (κ3) is 1.04. The number of hydrogen-bond donors (Lipinski definition) is 1. The van der Waals surface area contributed by atoms with Crippen molar-refractivity contribution in [3.05, 3.63) is 29.8 Å². The summed E-state index contributed by atoms with van der Waals surface area (Å²) in [6.07, 6.45) is 0. The second kappa shape index (κ2) is 2.50. The molecule has 0 bridgehead atoms. The molecule has 1 aromatic rings. The molecule has 11 heavy (non-hydrogen) atoms. The normalized spacial score (nSPS) is 23.5. The van der Waals surface area contributed by atoms with Crippen LogP contribution in [-0.4, -0.2) is 23.3 Å². The molecule has 1 heterocycles. The van der Waals surface area contributed by atoms with Crippen molar-refractivity contribution in [3.63, 3.8) is 0 Å². The second-order valence-corrected chi connectivity index (χ2v) is 5.22. The molecule has 1 unspecified atom stereocenters. The van der Waals surface area contributed by atoms with Gasteiger partial charge in [0.15, 0.2) is 0 Å². The predicted octanol–water partition coefficient (Wildman–Crippen LogP) is 0.0171. The summed E-state index contributed by atoms with van der Waals surface area (Å²) in [6.45, 7) is 0.407.